The van der Waals surface area contributed by atoms with Crippen molar-refractivity contribution in [1.29, 1.82) is 0 Å². The maximum atomic E-state index is 12.1. The van der Waals surface area contributed by atoms with E-state index in [4.69, 9.17) is 9.84 Å². The number of carbonyl (C=O) groups is 2. The van der Waals surface area contributed by atoms with Crippen LogP contribution in [0.15, 0.2) is 24.3 Å². The summed E-state index contributed by atoms with van der Waals surface area (Å²) in [6.07, 6.45) is 2.20. The minimum atomic E-state index is -1.02. The number of aliphatic carboxylic acids is 1. The van der Waals surface area contributed by atoms with Gasteiger partial charge < -0.3 is 20.1 Å². The quantitative estimate of drug-likeness (QED) is 0.893. The molecule has 0 bridgehead atoms. The lowest BCUT2D eigenvalue weighted by Crippen LogP contribution is -2.41. The van der Waals surface area contributed by atoms with Crippen LogP contribution in [0, 0.1) is 5.92 Å². The second kappa shape index (κ2) is 6.97. The molecule has 0 spiro atoms. The van der Waals surface area contributed by atoms with Gasteiger partial charge in [0.25, 0.3) is 0 Å². The first kappa shape index (κ1) is 15.2. The standard InChI is InChI=1S/C15H20N2O4/c1-11-3-2-8-17(9-11)15(20)16-12-4-6-13(7-5-12)21-10-14(18)19/h4-7,11H,2-3,8-10H2,1H3,(H,16,20)(H,18,19). The molecule has 1 aromatic carbocycles. The van der Waals surface area contributed by atoms with Crippen molar-refractivity contribution in [3.63, 3.8) is 0 Å². The highest BCUT2D eigenvalue weighted by Gasteiger charge is 2.20. The van der Waals surface area contributed by atoms with Crippen molar-refractivity contribution in [1.82, 2.24) is 4.90 Å². The fourth-order valence-electron chi connectivity index (χ4n) is 2.36. The Labute approximate surface area is 123 Å². The number of rotatable bonds is 4. The number of nitrogens with one attached hydrogen (secondary N) is 1. The largest absolute Gasteiger partial charge is 0.482 e. The van der Waals surface area contributed by atoms with Crippen LogP contribution in [-0.2, 0) is 4.79 Å². The Bertz CT molecular complexity index is 501. The number of piperidine rings is 1. The molecule has 1 heterocycles. The number of hydrogen-bond acceptors (Lipinski definition) is 3. The van der Waals surface area contributed by atoms with Crippen molar-refractivity contribution in [2.45, 2.75) is 19.8 Å². The van der Waals surface area contributed by atoms with Gasteiger partial charge in [-0.05, 0) is 43.0 Å². The third-order valence-corrected chi connectivity index (χ3v) is 3.41. The molecule has 1 saturated heterocycles. The van der Waals surface area contributed by atoms with Gasteiger partial charge in [-0.25, -0.2) is 9.59 Å². The van der Waals surface area contributed by atoms with Gasteiger partial charge in [-0.3, -0.25) is 0 Å². The maximum absolute atomic E-state index is 12.1. The van der Waals surface area contributed by atoms with Crippen LogP contribution < -0.4 is 10.1 Å². The number of likely N-dealkylation sites (tertiary alicyclic amines) is 1. The summed E-state index contributed by atoms with van der Waals surface area (Å²) in [5.74, 6) is -0.0233. The zero-order valence-electron chi connectivity index (χ0n) is 12.0. The van der Waals surface area contributed by atoms with Gasteiger partial charge in [-0.15, -0.1) is 0 Å². The fraction of sp³-hybridized carbons (Fsp3) is 0.467. The fourth-order valence-corrected chi connectivity index (χ4v) is 2.36. The summed E-state index contributed by atoms with van der Waals surface area (Å²) in [5, 5.41) is 11.4. The van der Waals surface area contributed by atoms with Gasteiger partial charge in [0.15, 0.2) is 6.61 Å². The monoisotopic (exact) mass is 292 g/mol. The Morgan fingerprint density at radius 1 is 1.38 bits per heavy atom. The molecule has 2 rings (SSSR count). The predicted octanol–water partition coefficient (Wildman–Crippen LogP) is 2.41. The van der Waals surface area contributed by atoms with E-state index in [2.05, 4.69) is 12.2 Å². The number of nitrogens with zero attached hydrogens (tertiary/aromatic N) is 1. The first-order valence-corrected chi connectivity index (χ1v) is 7.05. The zero-order chi connectivity index (χ0) is 15.2. The van der Waals surface area contributed by atoms with Crippen LogP contribution in [0.5, 0.6) is 5.75 Å². The molecule has 114 valence electrons. The van der Waals surface area contributed by atoms with E-state index in [0.717, 1.165) is 19.5 Å². The molecule has 1 aliphatic rings. The minimum Gasteiger partial charge on any atom is -0.482 e. The van der Waals surface area contributed by atoms with E-state index in [1.54, 1.807) is 24.3 Å². The molecule has 6 nitrogen and oxygen atoms in total. The van der Waals surface area contributed by atoms with Crippen molar-refractivity contribution in [3.05, 3.63) is 24.3 Å². The van der Waals surface area contributed by atoms with E-state index in [9.17, 15) is 9.59 Å². The summed E-state index contributed by atoms with van der Waals surface area (Å²) >= 11 is 0. The van der Waals surface area contributed by atoms with Crippen molar-refractivity contribution >= 4 is 17.7 Å². The van der Waals surface area contributed by atoms with Gasteiger partial charge in [-0.1, -0.05) is 6.92 Å². The van der Waals surface area contributed by atoms with E-state index in [-0.39, 0.29) is 12.6 Å². The van der Waals surface area contributed by atoms with Crippen molar-refractivity contribution in [2.24, 2.45) is 5.92 Å². The molecule has 2 N–H and O–H groups in total. The molecular weight excluding hydrogens is 272 g/mol. The Kier molecular flexibility index (Phi) is 5.03. The van der Waals surface area contributed by atoms with Crippen LogP contribution in [0.4, 0.5) is 10.5 Å². The summed E-state index contributed by atoms with van der Waals surface area (Å²) in [6.45, 7) is 3.34. The van der Waals surface area contributed by atoms with Gasteiger partial charge in [0, 0.05) is 18.8 Å². The normalized spacial score (nSPS) is 18.1. The van der Waals surface area contributed by atoms with E-state index >= 15 is 0 Å². The van der Waals surface area contributed by atoms with Gasteiger partial charge in [-0.2, -0.15) is 0 Å². The Balaban J connectivity index is 1.87. The SMILES string of the molecule is CC1CCCN(C(=O)Nc2ccc(OCC(=O)O)cc2)C1. The Morgan fingerprint density at radius 2 is 2.10 bits per heavy atom. The van der Waals surface area contributed by atoms with Gasteiger partial charge >= 0.3 is 12.0 Å². The third kappa shape index (κ3) is 4.66. The van der Waals surface area contributed by atoms with Crippen LogP contribution >= 0.6 is 0 Å². The van der Waals surface area contributed by atoms with Crippen molar-refractivity contribution < 1.29 is 19.4 Å². The summed E-state index contributed by atoms with van der Waals surface area (Å²) in [4.78, 5) is 24.3. The molecule has 1 aliphatic heterocycles. The second-order valence-corrected chi connectivity index (χ2v) is 5.33. The molecule has 1 fully saturated rings. The number of carbonyl (C=O) groups excluding carboxylic acids is 1. The van der Waals surface area contributed by atoms with Crippen LogP contribution in [0.25, 0.3) is 0 Å². The van der Waals surface area contributed by atoms with E-state index < -0.39 is 5.97 Å². The number of carboxylic acid groups (broad SMARTS) is 1. The van der Waals surface area contributed by atoms with Crippen molar-refractivity contribution in [2.75, 3.05) is 25.0 Å². The highest BCUT2D eigenvalue weighted by molar-refractivity contribution is 5.89. The predicted molar refractivity (Wildman–Crippen MR) is 78.6 cm³/mol. The maximum Gasteiger partial charge on any atom is 0.341 e. The molecule has 0 saturated carbocycles. The molecule has 1 atom stereocenters. The molecule has 0 radical (unpaired) electrons. The Morgan fingerprint density at radius 3 is 2.71 bits per heavy atom. The summed E-state index contributed by atoms with van der Waals surface area (Å²) < 4.78 is 5.04. The van der Waals surface area contributed by atoms with E-state index in [0.29, 0.717) is 17.4 Å². The third-order valence-electron chi connectivity index (χ3n) is 3.41. The number of ether oxygens (including phenoxy) is 1. The second-order valence-electron chi connectivity index (χ2n) is 5.33. The molecule has 1 unspecified atom stereocenters. The first-order chi connectivity index (χ1) is 10.0. The van der Waals surface area contributed by atoms with Crippen LogP contribution in [-0.4, -0.2) is 41.7 Å². The smallest absolute Gasteiger partial charge is 0.341 e. The molecule has 0 aromatic heterocycles. The lowest BCUT2D eigenvalue weighted by atomic mass is 10.0. The first-order valence-electron chi connectivity index (χ1n) is 7.05. The van der Waals surface area contributed by atoms with E-state index in [1.807, 2.05) is 4.90 Å². The highest BCUT2D eigenvalue weighted by Crippen LogP contribution is 2.19. The molecule has 21 heavy (non-hydrogen) atoms. The number of hydrogen-bond donors (Lipinski definition) is 2. The minimum absolute atomic E-state index is 0.0965. The van der Waals surface area contributed by atoms with E-state index in [1.165, 1.54) is 6.42 Å². The summed E-state index contributed by atoms with van der Waals surface area (Å²) in [7, 11) is 0. The lowest BCUT2D eigenvalue weighted by molar-refractivity contribution is -0.139. The lowest BCUT2D eigenvalue weighted by Gasteiger charge is -2.30. The zero-order valence-corrected chi connectivity index (χ0v) is 12.0. The molecular formula is C15H20N2O4. The molecule has 1 aromatic rings. The molecule has 0 aliphatic carbocycles. The average molecular weight is 292 g/mol. The Hall–Kier alpha value is -2.24. The highest BCUT2D eigenvalue weighted by atomic mass is 16.5. The van der Waals surface area contributed by atoms with Gasteiger partial charge in [0.05, 0.1) is 0 Å². The van der Waals surface area contributed by atoms with Crippen molar-refractivity contribution in [3.8, 4) is 5.75 Å². The number of amides is 2. The van der Waals surface area contributed by atoms with Crippen LogP contribution in [0.3, 0.4) is 0 Å². The van der Waals surface area contributed by atoms with Crippen LogP contribution in [0.2, 0.25) is 0 Å². The van der Waals surface area contributed by atoms with Gasteiger partial charge in [0.2, 0.25) is 0 Å². The topological polar surface area (TPSA) is 78.9 Å². The number of urea groups is 1. The van der Waals surface area contributed by atoms with Gasteiger partial charge in [0.1, 0.15) is 5.75 Å². The molecule has 6 heteroatoms. The number of carboxylic acids is 1. The van der Waals surface area contributed by atoms with Crippen LogP contribution in [0.1, 0.15) is 19.8 Å². The number of anilines is 1. The summed E-state index contributed by atoms with van der Waals surface area (Å²) in [6, 6.07) is 6.57. The summed E-state index contributed by atoms with van der Waals surface area (Å²) in [5.41, 5.74) is 0.668. The number of benzene rings is 1. The average Bonchev–Trinajstić information content (AvgIpc) is 2.46. The molecule has 2 amide bonds.